The Labute approximate surface area is 97.8 Å². The average molecular weight is 226 g/mol. The normalized spacial score (nSPS) is 16.6. The topological polar surface area (TPSA) is 35.5 Å². The summed E-state index contributed by atoms with van der Waals surface area (Å²) in [5, 5.41) is 0. The maximum atomic E-state index is 11.6. The number of hydrogen-bond acceptors (Lipinski definition) is 3. The van der Waals surface area contributed by atoms with Gasteiger partial charge in [-0.3, -0.25) is 4.79 Å². The molecule has 0 heterocycles. The van der Waals surface area contributed by atoms with E-state index in [2.05, 4.69) is 6.92 Å². The maximum Gasteiger partial charge on any atom is 0.159 e. The molecule has 0 aliphatic heterocycles. The highest BCUT2D eigenvalue weighted by Gasteiger charge is 2.21. The number of carbonyl (C=O) groups excluding carboxylic acids is 1. The summed E-state index contributed by atoms with van der Waals surface area (Å²) in [6.45, 7) is 7.26. The summed E-state index contributed by atoms with van der Waals surface area (Å²) >= 11 is 0. The van der Waals surface area contributed by atoms with E-state index >= 15 is 0 Å². The molecule has 0 radical (unpaired) electrons. The highest BCUT2D eigenvalue weighted by molar-refractivity contribution is 5.98. The lowest BCUT2D eigenvalue weighted by molar-refractivity contribution is -0.139. The Kier molecular flexibility index (Phi) is 5.71. The highest BCUT2D eigenvalue weighted by Crippen LogP contribution is 2.26. The van der Waals surface area contributed by atoms with Gasteiger partial charge in [0.15, 0.2) is 12.1 Å². The van der Waals surface area contributed by atoms with Gasteiger partial charge in [0.25, 0.3) is 0 Å². The molecule has 0 fully saturated rings. The Balaban J connectivity index is 2.42. The Morgan fingerprint density at radius 3 is 2.25 bits per heavy atom. The number of rotatable bonds is 7. The fraction of sp³-hybridized carbons (Fsp3) is 0.769. The first-order valence-electron chi connectivity index (χ1n) is 6.14. The van der Waals surface area contributed by atoms with E-state index in [4.69, 9.17) is 9.47 Å². The van der Waals surface area contributed by atoms with Crippen molar-refractivity contribution in [1.29, 1.82) is 0 Å². The number of hydrogen-bond donors (Lipinski definition) is 0. The minimum absolute atomic E-state index is 0.163. The lowest BCUT2D eigenvalue weighted by Gasteiger charge is -2.16. The van der Waals surface area contributed by atoms with E-state index in [0.717, 1.165) is 24.8 Å². The van der Waals surface area contributed by atoms with Crippen LogP contribution >= 0.6 is 0 Å². The standard InChI is InChI=1S/C13H22O3/c1-4-15-13(16-5-2)9-7-11-10(3)6-8-12(11)14/h13H,4-9H2,1-3H3. The molecule has 92 valence electrons. The fourth-order valence-electron chi connectivity index (χ4n) is 2.04. The summed E-state index contributed by atoms with van der Waals surface area (Å²) in [6.07, 6.45) is 3.02. The monoisotopic (exact) mass is 226 g/mol. The minimum atomic E-state index is -0.163. The molecule has 0 aromatic rings. The summed E-state index contributed by atoms with van der Waals surface area (Å²) in [5.74, 6) is 0.309. The summed E-state index contributed by atoms with van der Waals surface area (Å²) < 4.78 is 10.9. The Bertz CT molecular complexity index is 262. The van der Waals surface area contributed by atoms with Crippen LogP contribution in [0.5, 0.6) is 0 Å². The second-order valence-electron chi connectivity index (χ2n) is 4.06. The van der Waals surface area contributed by atoms with Crippen molar-refractivity contribution in [3.05, 3.63) is 11.1 Å². The largest absolute Gasteiger partial charge is 0.353 e. The molecule has 0 aromatic heterocycles. The van der Waals surface area contributed by atoms with E-state index in [1.165, 1.54) is 5.57 Å². The fourth-order valence-corrected chi connectivity index (χ4v) is 2.04. The van der Waals surface area contributed by atoms with Gasteiger partial charge < -0.3 is 9.47 Å². The molecule has 0 unspecified atom stereocenters. The first kappa shape index (κ1) is 13.4. The van der Waals surface area contributed by atoms with E-state index in [-0.39, 0.29) is 6.29 Å². The van der Waals surface area contributed by atoms with E-state index in [0.29, 0.717) is 25.4 Å². The Morgan fingerprint density at radius 2 is 1.81 bits per heavy atom. The number of carbonyl (C=O) groups is 1. The molecule has 0 aromatic carbocycles. The van der Waals surface area contributed by atoms with Crippen LogP contribution in [0, 0.1) is 0 Å². The first-order chi connectivity index (χ1) is 7.69. The van der Waals surface area contributed by atoms with Crippen LogP contribution in [0.3, 0.4) is 0 Å². The third kappa shape index (κ3) is 3.72. The van der Waals surface area contributed by atoms with Crippen molar-refractivity contribution < 1.29 is 14.3 Å². The maximum absolute atomic E-state index is 11.6. The smallest absolute Gasteiger partial charge is 0.159 e. The molecule has 1 aliphatic carbocycles. The summed E-state index contributed by atoms with van der Waals surface area (Å²) in [4.78, 5) is 11.6. The summed E-state index contributed by atoms with van der Waals surface area (Å²) in [5.41, 5.74) is 2.25. The van der Waals surface area contributed by atoms with Gasteiger partial charge in [-0.2, -0.15) is 0 Å². The third-order valence-corrected chi connectivity index (χ3v) is 2.91. The predicted octanol–water partition coefficient (Wildman–Crippen LogP) is 2.85. The highest BCUT2D eigenvalue weighted by atomic mass is 16.7. The molecule has 0 atom stereocenters. The van der Waals surface area contributed by atoms with E-state index in [1.807, 2.05) is 13.8 Å². The van der Waals surface area contributed by atoms with Gasteiger partial charge in [-0.05, 0) is 39.2 Å². The zero-order valence-electron chi connectivity index (χ0n) is 10.5. The van der Waals surface area contributed by atoms with Crippen LogP contribution in [0.4, 0.5) is 0 Å². The van der Waals surface area contributed by atoms with Crippen LogP contribution in [0.1, 0.15) is 46.5 Å². The van der Waals surface area contributed by atoms with Crippen molar-refractivity contribution in [2.75, 3.05) is 13.2 Å². The van der Waals surface area contributed by atoms with Crippen LogP contribution in [0.25, 0.3) is 0 Å². The SMILES string of the molecule is CCOC(CCC1=C(C)CCC1=O)OCC. The van der Waals surface area contributed by atoms with Crippen molar-refractivity contribution in [2.24, 2.45) is 0 Å². The predicted molar refractivity (Wildman–Crippen MR) is 63.2 cm³/mol. The molecular weight excluding hydrogens is 204 g/mol. The third-order valence-electron chi connectivity index (χ3n) is 2.91. The van der Waals surface area contributed by atoms with E-state index < -0.39 is 0 Å². The van der Waals surface area contributed by atoms with Gasteiger partial charge in [0, 0.05) is 26.1 Å². The van der Waals surface area contributed by atoms with E-state index in [9.17, 15) is 4.79 Å². The van der Waals surface area contributed by atoms with Gasteiger partial charge in [0.2, 0.25) is 0 Å². The zero-order chi connectivity index (χ0) is 12.0. The number of allylic oxidation sites excluding steroid dienone is 2. The van der Waals surface area contributed by atoms with Gasteiger partial charge in [-0.15, -0.1) is 0 Å². The number of Topliss-reactive ketones (excluding diaryl/α,β-unsaturated/α-hetero) is 1. The van der Waals surface area contributed by atoms with Crippen molar-refractivity contribution in [1.82, 2.24) is 0 Å². The van der Waals surface area contributed by atoms with Gasteiger partial charge in [0.05, 0.1) is 0 Å². The lowest BCUT2D eigenvalue weighted by Crippen LogP contribution is -2.18. The molecule has 0 saturated carbocycles. The molecule has 16 heavy (non-hydrogen) atoms. The van der Waals surface area contributed by atoms with Crippen molar-refractivity contribution >= 4 is 5.78 Å². The van der Waals surface area contributed by atoms with Crippen LogP contribution in [-0.2, 0) is 14.3 Å². The summed E-state index contributed by atoms with van der Waals surface area (Å²) in [7, 11) is 0. The van der Waals surface area contributed by atoms with Crippen molar-refractivity contribution in [3.8, 4) is 0 Å². The first-order valence-corrected chi connectivity index (χ1v) is 6.14. The molecule has 1 aliphatic rings. The molecule has 3 nitrogen and oxygen atoms in total. The second-order valence-corrected chi connectivity index (χ2v) is 4.06. The van der Waals surface area contributed by atoms with Gasteiger partial charge in [-0.25, -0.2) is 0 Å². The number of ketones is 1. The van der Waals surface area contributed by atoms with Crippen LogP contribution in [-0.4, -0.2) is 25.3 Å². The van der Waals surface area contributed by atoms with Crippen molar-refractivity contribution in [2.45, 2.75) is 52.7 Å². The van der Waals surface area contributed by atoms with Crippen LogP contribution < -0.4 is 0 Å². The number of ether oxygens (including phenoxy) is 2. The Morgan fingerprint density at radius 1 is 1.19 bits per heavy atom. The Hall–Kier alpha value is -0.670. The molecular formula is C13H22O3. The zero-order valence-corrected chi connectivity index (χ0v) is 10.5. The van der Waals surface area contributed by atoms with E-state index in [1.54, 1.807) is 0 Å². The van der Waals surface area contributed by atoms with Crippen LogP contribution in [0.15, 0.2) is 11.1 Å². The van der Waals surface area contributed by atoms with Crippen LogP contribution in [0.2, 0.25) is 0 Å². The van der Waals surface area contributed by atoms with Gasteiger partial charge in [0.1, 0.15) is 0 Å². The van der Waals surface area contributed by atoms with Gasteiger partial charge >= 0.3 is 0 Å². The molecule has 0 amide bonds. The molecule has 0 saturated heterocycles. The lowest BCUT2D eigenvalue weighted by atomic mass is 10.1. The minimum Gasteiger partial charge on any atom is -0.353 e. The molecule has 0 spiro atoms. The molecule has 0 bridgehead atoms. The molecule has 1 rings (SSSR count). The quantitative estimate of drug-likeness (QED) is 0.626. The van der Waals surface area contributed by atoms with Gasteiger partial charge in [-0.1, -0.05) is 5.57 Å². The van der Waals surface area contributed by atoms with Crippen molar-refractivity contribution in [3.63, 3.8) is 0 Å². The molecule has 0 N–H and O–H groups in total. The second kappa shape index (κ2) is 6.81. The average Bonchev–Trinajstić information content (AvgIpc) is 2.56. The molecule has 3 heteroatoms. The summed E-state index contributed by atoms with van der Waals surface area (Å²) in [6, 6.07) is 0.